The zero-order chi connectivity index (χ0) is 15.3. The monoisotopic (exact) mass is 435 g/mol. The molecule has 0 bridgehead atoms. The lowest BCUT2D eigenvalue weighted by molar-refractivity contribution is 0.432. The molecular weight excluding hydrogens is 409 g/mol. The Kier molecular flexibility index (Phi) is 7.97. The highest BCUT2D eigenvalue weighted by Crippen LogP contribution is 2.41. The summed E-state index contributed by atoms with van der Waals surface area (Å²) in [7, 11) is 0. The maximum atomic E-state index is 6.13. The lowest BCUT2D eigenvalue weighted by Crippen LogP contribution is -2.38. The van der Waals surface area contributed by atoms with Crippen LogP contribution in [0.15, 0.2) is 29.3 Å². The van der Waals surface area contributed by atoms with Crippen molar-refractivity contribution < 1.29 is 0 Å². The third-order valence-corrected chi connectivity index (χ3v) is 4.90. The van der Waals surface area contributed by atoms with Gasteiger partial charge in [-0.3, -0.25) is 4.99 Å². The normalized spacial score (nSPS) is 17.1. The molecule has 1 aromatic carbocycles. The Bertz CT molecular complexity index is 477. The molecule has 0 aromatic heterocycles. The van der Waals surface area contributed by atoms with Gasteiger partial charge in [-0.05, 0) is 44.4 Å². The van der Waals surface area contributed by atoms with Crippen LogP contribution >= 0.6 is 35.6 Å². The molecule has 5 heteroatoms. The number of nitrogens with zero attached hydrogens (tertiary/aromatic N) is 2. The van der Waals surface area contributed by atoms with Crippen LogP contribution in [0.2, 0.25) is 5.02 Å². The molecule has 3 nitrogen and oxygen atoms in total. The molecule has 22 heavy (non-hydrogen) atoms. The molecule has 0 amide bonds. The van der Waals surface area contributed by atoms with E-state index in [4.69, 9.17) is 22.3 Å². The molecule has 1 saturated carbocycles. The molecule has 0 saturated heterocycles. The molecule has 0 heterocycles. The summed E-state index contributed by atoms with van der Waals surface area (Å²) in [5.41, 5.74) is 7.62. The number of hydrogen-bond donors (Lipinski definition) is 1. The second-order valence-corrected chi connectivity index (χ2v) is 6.28. The Balaban J connectivity index is 0.00000242. The van der Waals surface area contributed by atoms with Crippen LogP contribution in [-0.2, 0) is 5.41 Å². The molecule has 0 unspecified atom stereocenters. The number of rotatable bonds is 5. The summed E-state index contributed by atoms with van der Waals surface area (Å²) < 4.78 is 0. The van der Waals surface area contributed by atoms with E-state index in [0.29, 0.717) is 5.96 Å². The average molecular weight is 436 g/mol. The Hall–Kier alpha value is -0.490. The van der Waals surface area contributed by atoms with Gasteiger partial charge in [-0.1, -0.05) is 36.6 Å². The molecule has 1 fully saturated rings. The molecule has 0 radical (unpaired) electrons. The standard InChI is InChI=1S/C17H26ClN3.HI/c1-3-21(4-2)16(19)20-13-17(11-5-6-12-17)14-7-9-15(18)10-8-14;/h7-10H,3-6,11-13H2,1-2H3,(H2,19,20);1H. The van der Waals surface area contributed by atoms with Crippen molar-refractivity contribution in [2.45, 2.75) is 44.9 Å². The minimum Gasteiger partial charge on any atom is -0.370 e. The third-order valence-electron chi connectivity index (χ3n) is 4.65. The molecule has 1 aliphatic rings. The zero-order valence-corrected chi connectivity index (χ0v) is 16.6. The third kappa shape index (κ3) is 4.51. The summed E-state index contributed by atoms with van der Waals surface area (Å²) in [5, 5.41) is 0.790. The Morgan fingerprint density at radius 2 is 1.73 bits per heavy atom. The molecule has 2 rings (SSSR count). The van der Waals surface area contributed by atoms with Gasteiger partial charge >= 0.3 is 0 Å². The Morgan fingerprint density at radius 1 is 1.18 bits per heavy atom. The highest BCUT2D eigenvalue weighted by molar-refractivity contribution is 14.0. The van der Waals surface area contributed by atoms with Gasteiger partial charge in [0.15, 0.2) is 5.96 Å². The summed E-state index contributed by atoms with van der Waals surface area (Å²) in [4.78, 5) is 6.81. The van der Waals surface area contributed by atoms with Crippen LogP contribution < -0.4 is 5.73 Å². The van der Waals surface area contributed by atoms with E-state index in [2.05, 4.69) is 30.9 Å². The molecule has 124 valence electrons. The fourth-order valence-electron chi connectivity index (χ4n) is 3.27. The van der Waals surface area contributed by atoms with Gasteiger partial charge in [0.25, 0.3) is 0 Å². The predicted molar refractivity (Wildman–Crippen MR) is 106 cm³/mol. The molecular formula is C17H27ClIN3. The number of hydrogen-bond acceptors (Lipinski definition) is 1. The smallest absolute Gasteiger partial charge is 0.191 e. The van der Waals surface area contributed by atoms with Gasteiger partial charge < -0.3 is 10.6 Å². The van der Waals surface area contributed by atoms with Gasteiger partial charge in [0, 0.05) is 23.5 Å². The van der Waals surface area contributed by atoms with Crippen LogP contribution in [0.25, 0.3) is 0 Å². The maximum absolute atomic E-state index is 6.13. The van der Waals surface area contributed by atoms with E-state index in [1.807, 2.05) is 12.1 Å². The summed E-state index contributed by atoms with van der Waals surface area (Å²) in [6, 6.07) is 8.26. The van der Waals surface area contributed by atoms with Crippen molar-refractivity contribution in [1.29, 1.82) is 0 Å². The molecule has 0 atom stereocenters. The SMILES string of the molecule is CCN(CC)C(N)=NCC1(c2ccc(Cl)cc2)CCCC1.I. The average Bonchev–Trinajstić information content (AvgIpc) is 2.97. The van der Waals surface area contributed by atoms with E-state index in [1.54, 1.807) is 0 Å². The quantitative estimate of drug-likeness (QED) is 0.422. The largest absolute Gasteiger partial charge is 0.370 e. The van der Waals surface area contributed by atoms with Crippen LogP contribution in [0, 0.1) is 0 Å². The lowest BCUT2D eigenvalue weighted by Gasteiger charge is -2.29. The second kappa shape index (κ2) is 8.96. The predicted octanol–water partition coefficient (Wildman–Crippen LogP) is 4.43. The first-order valence-corrected chi connectivity index (χ1v) is 8.30. The van der Waals surface area contributed by atoms with Crippen LogP contribution in [0.4, 0.5) is 0 Å². The summed E-state index contributed by atoms with van der Waals surface area (Å²) in [6.45, 7) is 6.79. The number of nitrogens with two attached hydrogens (primary N) is 1. The number of guanidine groups is 1. The first-order chi connectivity index (χ1) is 10.1. The van der Waals surface area contributed by atoms with Crippen LogP contribution in [-0.4, -0.2) is 30.5 Å². The van der Waals surface area contributed by atoms with E-state index >= 15 is 0 Å². The van der Waals surface area contributed by atoms with Gasteiger partial charge in [-0.15, -0.1) is 24.0 Å². The van der Waals surface area contributed by atoms with Crippen molar-refractivity contribution in [2.24, 2.45) is 10.7 Å². The van der Waals surface area contributed by atoms with E-state index in [1.165, 1.54) is 31.2 Å². The van der Waals surface area contributed by atoms with Crippen molar-refractivity contribution in [3.8, 4) is 0 Å². The van der Waals surface area contributed by atoms with Gasteiger partial charge in [-0.25, -0.2) is 0 Å². The minimum atomic E-state index is 0. The number of aliphatic imine (C=N–C) groups is 1. The number of halogens is 2. The summed E-state index contributed by atoms with van der Waals surface area (Å²) >= 11 is 6.02. The molecule has 2 N–H and O–H groups in total. The maximum Gasteiger partial charge on any atom is 0.191 e. The Labute approximate surface area is 156 Å². The van der Waals surface area contributed by atoms with Crippen molar-refractivity contribution in [3.05, 3.63) is 34.9 Å². The van der Waals surface area contributed by atoms with Crippen LogP contribution in [0.3, 0.4) is 0 Å². The molecule has 0 aliphatic heterocycles. The lowest BCUT2D eigenvalue weighted by atomic mass is 9.79. The van der Waals surface area contributed by atoms with Crippen molar-refractivity contribution >= 4 is 41.5 Å². The summed E-state index contributed by atoms with van der Waals surface area (Å²) in [5.74, 6) is 0.667. The van der Waals surface area contributed by atoms with Crippen molar-refractivity contribution in [1.82, 2.24) is 4.90 Å². The first-order valence-electron chi connectivity index (χ1n) is 7.92. The fourth-order valence-corrected chi connectivity index (χ4v) is 3.40. The van der Waals surface area contributed by atoms with Gasteiger partial charge in [0.1, 0.15) is 0 Å². The minimum absolute atomic E-state index is 0. The highest BCUT2D eigenvalue weighted by atomic mass is 127. The second-order valence-electron chi connectivity index (χ2n) is 5.84. The van der Waals surface area contributed by atoms with Crippen molar-refractivity contribution in [3.63, 3.8) is 0 Å². The van der Waals surface area contributed by atoms with E-state index < -0.39 is 0 Å². The highest BCUT2D eigenvalue weighted by Gasteiger charge is 2.35. The van der Waals surface area contributed by atoms with Gasteiger partial charge in [-0.2, -0.15) is 0 Å². The van der Waals surface area contributed by atoms with Crippen LogP contribution in [0.1, 0.15) is 45.1 Å². The first kappa shape index (κ1) is 19.6. The fraction of sp³-hybridized carbons (Fsp3) is 0.588. The van der Waals surface area contributed by atoms with E-state index in [0.717, 1.165) is 24.7 Å². The topological polar surface area (TPSA) is 41.6 Å². The van der Waals surface area contributed by atoms with E-state index in [9.17, 15) is 0 Å². The van der Waals surface area contributed by atoms with Crippen LogP contribution in [0.5, 0.6) is 0 Å². The van der Waals surface area contributed by atoms with E-state index in [-0.39, 0.29) is 29.4 Å². The molecule has 1 aromatic rings. The molecule has 0 spiro atoms. The van der Waals surface area contributed by atoms with Crippen molar-refractivity contribution in [2.75, 3.05) is 19.6 Å². The van der Waals surface area contributed by atoms with Gasteiger partial charge in [0.2, 0.25) is 0 Å². The van der Waals surface area contributed by atoms with Gasteiger partial charge in [0.05, 0.1) is 6.54 Å². The zero-order valence-electron chi connectivity index (χ0n) is 13.5. The Morgan fingerprint density at radius 3 is 2.23 bits per heavy atom. The molecule has 1 aliphatic carbocycles. The number of benzene rings is 1. The summed E-state index contributed by atoms with van der Waals surface area (Å²) in [6.07, 6.45) is 4.90.